The van der Waals surface area contributed by atoms with Crippen molar-refractivity contribution in [3.63, 3.8) is 0 Å². The van der Waals surface area contributed by atoms with Gasteiger partial charge in [0.1, 0.15) is 0 Å². The molecule has 0 atom stereocenters. The number of hydrogen-bond donors (Lipinski definition) is 5. The fourth-order valence-electron chi connectivity index (χ4n) is 1.27. The van der Waals surface area contributed by atoms with Gasteiger partial charge in [0, 0.05) is 0 Å². The fourth-order valence-corrected chi connectivity index (χ4v) is 3.53. The van der Waals surface area contributed by atoms with Crippen LogP contribution in [0.5, 0.6) is 0 Å². The number of nitrogens with two attached hydrogens (primary N) is 2. The van der Waals surface area contributed by atoms with Crippen LogP contribution in [0.2, 0.25) is 0 Å². The maximum absolute atomic E-state index is 5.48. The number of nitrogen functional groups attached to an aromatic ring is 2. The molecule has 0 spiro atoms. The van der Waals surface area contributed by atoms with Gasteiger partial charge in [-0.25, -0.2) is 0 Å². The molecular formula is C9H11AsN6S2. The molecule has 1 heterocycles. The molecule has 2 aromatic rings. The van der Waals surface area contributed by atoms with E-state index in [2.05, 4.69) is 42.1 Å². The van der Waals surface area contributed by atoms with Crippen LogP contribution in [0.1, 0.15) is 0 Å². The zero-order valence-electron chi connectivity index (χ0n) is 9.15. The molecule has 1 aromatic heterocycles. The van der Waals surface area contributed by atoms with E-state index in [1.165, 1.54) is 0 Å². The van der Waals surface area contributed by atoms with E-state index in [-0.39, 0.29) is 11.9 Å². The number of nitrogens with zero attached hydrogens (tertiary/aromatic N) is 3. The summed E-state index contributed by atoms with van der Waals surface area (Å²) in [7, 11) is 8.74. The molecule has 0 aliphatic heterocycles. The average Bonchev–Trinajstić information content (AvgIpc) is 2.28. The van der Waals surface area contributed by atoms with Gasteiger partial charge < -0.3 is 0 Å². The number of thiol groups is 2. The van der Waals surface area contributed by atoms with E-state index in [1.54, 1.807) is 0 Å². The quantitative estimate of drug-likeness (QED) is 0.407. The van der Waals surface area contributed by atoms with Crippen LogP contribution in [0.3, 0.4) is 0 Å². The first kappa shape index (κ1) is 13.3. The van der Waals surface area contributed by atoms with E-state index < -0.39 is 12.3 Å². The Hall–Kier alpha value is -1.11. The average molecular weight is 342 g/mol. The van der Waals surface area contributed by atoms with Crippen LogP contribution < -0.4 is 21.1 Å². The van der Waals surface area contributed by atoms with E-state index in [9.17, 15) is 0 Å². The predicted octanol–water partition coefficient (Wildman–Crippen LogP) is 0.334. The van der Waals surface area contributed by atoms with E-state index in [0.717, 1.165) is 10.0 Å². The molecule has 0 saturated carbocycles. The van der Waals surface area contributed by atoms with Crippen molar-refractivity contribution in [2.45, 2.75) is 0 Å². The first-order valence-electron chi connectivity index (χ1n) is 4.86. The Bertz CT molecular complexity index is 527. The van der Waals surface area contributed by atoms with E-state index >= 15 is 0 Å². The first-order chi connectivity index (χ1) is 8.54. The number of hydrogen-bond acceptors (Lipinski definition) is 8. The molecule has 0 aliphatic rings. The molecule has 1 aromatic carbocycles. The van der Waals surface area contributed by atoms with Crippen molar-refractivity contribution in [3.8, 4) is 0 Å². The zero-order chi connectivity index (χ0) is 13.1. The maximum atomic E-state index is 5.48. The molecule has 94 valence electrons. The molecule has 2 rings (SSSR count). The van der Waals surface area contributed by atoms with E-state index in [4.69, 9.17) is 11.5 Å². The van der Waals surface area contributed by atoms with Crippen LogP contribution in [0, 0.1) is 0 Å². The fraction of sp³-hybridized carbons (Fsp3) is 0. The molecule has 0 radical (unpaired) electrons. The van der Waals surface area contributed by atoms with Gasteiger partial charge in [-0.1, -0.05) is 0 Å². The second-order valence-electron chi connectivity index (χ2n) is 3.34. The van der Waals surface area contributed by atoms with Gasteiger partial charge in [-0.05, 0) is 0 Å². The first-order valence-corrected chi connectivity index (χ1v) is 11.6. The van der Waals surface area contributed by atoms with Crippen molar-refractivity contribution in [2.24, 2.45) is 0 Å². The summed E-state index contributed by atoms with van der Waals surface area (Å²) in [5.74, 6) is 0.485. The second-order valence-corrected chi connectivity index (χ2v) is 11.4. The van der Waals surface area contributed by atoms with Crippen LogP contribution in [0.4, 0.5) is 23.5 Å². The minimum absolute atomic E-state index is 0.0835. The van der Waals surface area contributed by atoms with Gasteiger partial charge in [0.2, 0.25) is 0 Å². The number of benzene rings is 1. The van der Waals surface area contributed by atoms with Gasteiger partial charge in [-0.15, -0.1) is 0 Å². The summed E-state index contributed by atoms with van der Waals surface area (Å²) in [5, 5.41) is 3.00. The summed E-state index contributed by atoms with van der Waals surface area (Å²) in [5.41, 5.74) is 11.8. The van der Waals surface area contributed by atoms with Crippen molar-refractivity contribution in [3.05, 3.63) is 24.3 Å². The van der Waals surface area contributed by atoms with Crippen LogP contribution >= 0.6 is 21.8 Å². The van der Waals surface area contributed by atoms with Gasteiger partial charge in [-0.2, -0.15) is 0 Å². The molecule has 0 unspecified atom stereocenters. The van der Waals surface area contributed by atoms with Crippen LogP contribution in [-0.2, 0) is 0 Å². The summed E-state index contributed by atoms with van der Waals surface area (Å²) >= 11 is -1.43. The van der Waals surface area contributed by atoms with E-state index in [1.807, 2.05) is 24.3 Å². The van der Waals surface area contributed by atoms with Crippen molar-refractivity contribution in [1.82, 2.24) is 15.0 Å². The normalized spacial score (nSPS) is 10.6. The summed E-state index contributed by atoms with van der Waals surface area (Å²) in [6, 6.07) is 7.74. The van der Waals surface area contributed by atoms with E-state index in [0.29, 0.717) is 5.95 Å². The predicted molar refractivity (Wildman–Crippen MR) is 81.7 cm³/mol. The van der Waals surface area contributed by atoms with Crippen molar-refractivity contribution in [2.75, 3.05) is 16.8 Å². The molecule has 9 heteroatoms. The molecule has 0 saturated heterocycles. The van der Waals surface area contributed by atoms with Crippen LogP contribution in [0.15, 0.2) is 24.3 Å². The van der Waals surface area contributed by atoms with Crippen molar-refractivity contribution in [1.29, 1.82) is 0 Å². The Morgan fingerprint density at radius 3 is 2.00 bits per heavy atom. The minimum atomic E-state index is -1.43. The molecule has 0 fully saturated rings. The third kappa shape index (κ3) is 3.44. The van der Waals surface area contributed by atoms with Gasteiger partial charge in [-0.3, -0.25) is 0 Å². The topological polar surface area (TPSA) is 103 Å². The van der Waals surface area contributed by atoms with Crippen molar-refractivity contribution >= 4 is 62.0 Å². The summed E-state index contributed by atoms with van der Waals surface area (Å²) in [6.07, 6.45) is 0. The summed E-state index contributed by atoms with van der Waals surface area (Å²) < 4.78 is 1.15. The molecule has 0 bridgehead atoms. The Morgan fingerprint density at radius 2 is 1.50 bits per heavy atom. The molecular weight excluding hydrogens is 331 g/mol. The SMILES string of the molecule is Nc1nc(N)nc(Nc2ccc([As](S)S)cc2)n1. The van der Waals surface area contributed by atoms with Gasteiger partial charge in [0.15, 0.2) is 0 Å². The zero-order valence-corrected chi connectivity index (χ0v) is 12.8. The van der Waals surface area contributed by atoms with Crippen LogP contribution in [-0.4, -0.2) is 27.3 Å². The third-order valence-corrected chi connectivity index (χ3v) is 6.02. The third-order valence-electron chi connectivity index (χ3n) is 2.02. The Kier molecular flexibility index (Phi) is 4.21. The summed E-state index contributed by atoms with van der Waals surface area (Å²) in [4.78, 5) is 11.6. The molecule has 18 heavy (non-hydrogen) atoms. The van der Waals surface area contributed by atoms with Gasteiger partial charge >= 0.3 is 118 Å². The Morgan fingerprint density at radius 1 is 0.944 bits per heavy atom. The second kappa shape index (κ2) is 5.69. The molecule has 6 nitrogen and oxygen atoms in total. The van der Waals surface area contributed by atoms with Gasteiger partial charge in [0.25, 0.3) is 0 Å². The van der Waals surface area contributed by atoms with Crippen LogP contribution in [0.25, 0.3) is 0 Å². The molecule has 0 aliphatic carbocycles. The molecule has 0 amide bonds. The molecule has 5 N–H and O–H groups in total. The number of nitrogens with one attached hydrogen (secondary N) is 1. The van der Waals surface area contributed by atoms with Gasteiger partial charge in [0.05, 0.1) is 0 Å². The monoisotopic (exact) mass is 342 g/mol. The Balaban J connectivity index is 2.18. The van der Waals surface area contributed by atoms with Crippen molar-refractivity contribution < 1.29 is 0 Å². The standard InChI is InChI=1S/C9H11AsN6S2/c11-7-14-8(12)16-9(15-7)13-6-3-1-5(2-4-6)10(17)18/h1-4,17-18H,(H5,11,12,13,14,15,16). The number of rotatable bonds is 3. The summed E-state index contributed by atoms with van der Waals surface area (Å²) in [6.45, 7) is 0. The number of aromatic nitrogens is 3. The Labute approximate surface area is 118 Å². The number of anilines is 4.